The lowest BCUT2D eigenvalue weighted by molar-refractivity contribution is 0.0917. The number of rotatable bonds is 3. The van der Waals surface area contributed by atoms with Gasteiger partial charge >= 0.3 is 0 Å². The van der Waals surface area contributed by atoms with Gasteiger partial charge in [0.2, 0.25) is 0 Å². The number of likely N-dealkylation sites (tertiary alicyclic amines) is 1. The second-order valence-corrected chi connectivity index (χ2v) is 5.94. The fraction of sp³-hybridized carbons (Fsp3) is 0.769. The Hall–Kier alpha value is -0.870. The Morgan fingerprint density at radius 2 is 2.24 bits per heavy atom. The molecule has 0 aromatic carbocycles. The van der Waals surface area contributed by atoms with E-state index in [9.17, 15) is 0 Å². The SMILES string of the molecule is Cc1cnn(CCN2CCC(N)C(C)(C)C2)c1. The molecule has 0 aliphatic carbocycles. The first-order valence-corrected chi connectivity index (χ1v) is 6.44. The van der Waals surface area contributed by atoms with Crippen LogP contribution in [0, 0.1) is 12.3 Å². The third kappa shape index (κ3) is 3.07. The van der Waals surface area contributed by atoms with Crippen molar-refractivity contribution in [2.45, 2.75) is 39.8 Å². The molecule has 96 valence electrons. The van der Waals surface area contributed by atoms with E-state index in [1.807, 2.05) is 10.9 Å². The maximum atomic E-state index is 6.14. The highest BCUT2D eigenvalue weighted by molar-refractivity contribution is 4.99. The van der Waals surface area contributed by atoms with E-state index in [1.165, 1.54) is 5.56 Å². The molecule has 0 amide bonds. The highest BCUT2D eigenvalue weighted by Crippen LogP contribution is 2.27. The van der Waals surface area contributed by atoms with E-state index >= 15 is 0 Å². The summed E-state index contributed by atoms with van der Waals surface area (Å²) in [6.45, 7) is 10.9. The summed E-state index contributed by atoms with van der Waals surface area (Å²) in [5.41, 5.74) is 7.60. The molecule has 4 heteroatoms. The number of aryl methyl sites for hydroxylation is 1. The molecule has 0 saturated carbocycles. The van der Waals surface area contributed by atoms with Crippen LogP contribution in [0.15, 0.2) is 12.4 Å². The standard InChI is InChI=1S/C13H24N4/c1-11-8-15-17(9-11)7-6-16-5-4-12(14)13(2,3)10-16/h8-9,12H,4-7,10,14H2,1-3H3. The minimum Gasteiger partial charge on any atom is -0.327 e. The summed E-state index contributed by atoms with van der Waals surface area (Å²) >= 11 is 0. The molecule has 17 heavy (non-hydrogen) atoms. The number of piperidine rings is 1. The largest absolute Gasteiger partial charge is 0.327 e. The third-order valence-electron chi connectivity index (χ3n) is 3.80. The van der Waals surface area contributed by atoms with Gasteiger partial charge in [-0.25, -0.2) is 0 Å². The summed E-state index contributed by atoms with van der Waals surface area (Å²) in [4.78, 5) is 2.50. The van der Waals surface area contributed by atoms with Gasteiger partial charge in [0.1, 0.15) is 0 Å². The maximum absolute atomic E-state index is 6.14. The summed E-state index contributed by atoms with van der Waals surface area (Å²) in [6, 6.07) is 0.339. The van der Waals surface area contributed by atoms with Crippen molar-refractivity contribution in [1.82, 2.24) is 14.7 Å². The molecule has 1 aliphatic rings. The lowest BCUT2D eigenvalue weighted by atomic mass is 9.80. The molecular weight excluding hydrogens is 212 g/mol. The molecule has 4 nitrogen and oxygen atoms in total. The molecule has 1 aromatic rings. The van der Waals surface area contributed by atoms with Gasteiger partial charge in [-0.1, -0.05) is 13.8 Å². The van der Waals surface area contributed by atoms with Crippen molar-refractivity contribution in [3.05, 3.63) is 18.0 Å². The molecule has 1 fully saturated rings. The van der Waals surface area contributed by atoms with Gasteiger partial charge < -0.3 is 10.6 Å². The van der Waals surface area contributed by atoms with Crippen LogP contribution in [0.5, 0.6) is 0 Å². The second-order valence-electron chi connectivity index (χ2n) is 5.94. The predicted molar refractivity (Wildman–Crippen MR) is 69.8 cm³/mol. The Labute approximate surface area is 104 Å². The fourth-order valence-electron chi connectivity index (χ4n) is 2.51. The lowest BCUT2D eigenvalue weighted by Crippen LogP contribution is -2.52. The molecule has 1 aliphatic heterocycles. The Morgan fingerprint density at radius 3 is 2.82 bits per heavy atom. The normalized spacial score (nSPS) is 25.1. The number of aromatic nitrogens is 2. The van der Waals surface area contributed by atoms with Crippen molar-refractivity contribution < 1.29 is 0 Å². The van der Waals surface area contributed by atoms with Gasteiger partial charge in [0, 0.05) is 25.3 Å². The van der Waals surface area contributed by atoms with Crippen molar-refractivity contribution in [3.63, 3.8) is 0 Å². The summed E-state index contributed by atoms with van der Waals surface area (Å²) in [7, 11) is 0. The van der Waals surface area contributed by atoms with Gasteiger partial charge in [-0.05, 0) is 30.9 Å². The van der Waals surface area contributed by atoms with Crippen LogP contribution < -0.4 is 5.73 Å². The molecule has 1 unspecified atom stereocenters. The van der Waals surface area contributed by atoms with E-state index in [2.05, 4.69) is 37.0 Å². The van der Waals surface area contributed by atoms with Crippen LogP contribution in [0.2, 0.25) is 0 Å². The van der Waals surface area contributed by atoms with Gasteiger partial charge in [0.05, 0.1) is 12.7 Å². The van der Waals surface area contributed by atoms with Crippen LogP contribution in [0.25, 0.3) is 0 Å². The minimum atomic E-state index is 0.234. The van der Waals surface area contributed by atoms with Gasteiger partial charge in [0.25, 0.3) is 0 Å². The van der Waals surface area contributed by atoms with Crippen molar-refractivity contribution in [1.29, 1.82) is 0 Å². The lowest BCUT2D eigenvalue weighted by Gasteiger charge is -2.42. The molecule has 1 saturated heterocycles. The molecule has 2 heterocycles. The molecule has 2 N–H and O–H groups in total. The van der Waals surface area contributed by atoms with Gasteiger partial charge in [-0.2, -0.15) is 5.10 Å². The zero-order valence-corrected chi connectivity index (χ0v) is 11.2. The molecule has 2 rings (SSSR count). The topological polar surface area (TPSA) is 47.1 Å². The van der Waals surface area contributed by atoms with E-state index in [1.54, 1.807) is 0 Å². The van der Waals surface area contributed by atoms with Crippen LogP contribution >= 0.6 is 0 Å². The number of nitrogens with two attached hydrogens (primary N) is 1. The molecule has 0 bridgehead atoms. The van der Waals surface area contributed by atoms with Crippen LogP contribution in [0.3, 0.4) is 0 Å². The van der Waals surface area contributed by atoms with Crippen molar-refractivity contribution in [2.24, 2.45) is 11.1 Å². The van der Waals surface area contributed by atoms with Crippen LogP contribution in [0.4, 0.5) is 0 Å². The highest BCUT2D eigenvalue weighted by Gasteiger charge is 2.32. The summed E-state index contributed by atoms with van der Waals surface area (Å²) in [5.74, 6) is 0. The zero-order chi connectivity index (χ0) is 12.5. The molecule has 1 aromatic heterocycles. The van der Waals surface area contributed by atoms with Gasteiger partial charge in [-0.3, -0.25) is 4.68 Å². The van der Waals surface area contributed by atoms with Gasteiger partial charge in [0.15, 0.2) is 0 Å². The Balaban J connectivity index is 1.84. The summed E-state index contributed by atoms with van der Waals surface area (Å²) < 4.78 is 2.02. The average Bonchev–Trinajstić information content (AvgIpc) is 2.66. The first kappa shape index (κ1) is 12.6. The number of hydrogen-bond donors (Lipinski definition) is 1. The predicted octanol–water partition coefficient (Wildman–Crippen LogP) is 1.25. The van der Waals surface area contributed by atoms with Gasteiger partial charge in [-0.15, -0.1) is 0 Å². The van der Waals surface area contributed by atoms with E-state index in [-0.39, 0.29) is 5.41 Å². The Bertz CT molecular complexity index is 369. The van der Waals surface area contributed by atoms with E-state index < -0.39 is 0 Å². The Kier molecular flexibility index (Phi) is 3.54. The van der Waals surface area contributed by atoms with Crippen LogP contribution in [-0.2, 0) is 6.54 Å². The smallest absolute Gasteiger partial charge is 0.0536 e. The van der Waals surface area contributed by atoms with Crippen molar-refractivity contribution in [2.75, 3.05) is 19.6 Å². The summed E-state index contributed by atoms with van der Waals surface area (Å²) in [6.07, 6.45) is 5.11. The minimum absolute atomic E-state index is 0.234. The monoisotopic (exact) mass is 236 g/mol. The maximum Gasteiger partial charge on any atom is 0.0536 e. The van der Waals surface area contributed by atoms with E-state index in [0.29, 0.717) is 6.04 Å². The third-order valence-corrected chi connectivity index (χ3v) is 3.80. The first-order chi connectivity index (χ1) is 7.97. The quantitative estimate of drug-likeness (QED) is 0.859. The Morgan fingerprint density at radius 1 is 1.47 bits per heavy atom. The van der Waals surface area contributed by atoms with Crippen molar-refractivity contribution >= 4 is 0 Å². The average molecular weight is 236 g/mol. The summed E-state index contributed by atoms with van der Waals surface area (Å²) in [5, 5.41) is 4.32. The van der Waals surface area contributed by atoms with Crippen LogP contribution in [-0.4, -0.2) is 40.4 Å². The van der Waals surface area contributed by atoms with E-state index in [4.69, 9.17) is 5.73 Å². The number of hydrogen-bond acceptors (Lipinski definition) is 3. The van der Waals surface area contributed by atoms with Crippen LogP contribution in [0.1, 0.15) is 25.8 Å². The van der Waals surface area contributed by atoms with Crippen molar-refractivity contribution in [3.8, 4) is 0 Å². The van der Waals surface area contributed by atoms with E-state index in [0.717, 1.165) is 32.6 Å². The second kappa shape index (κ2) is 4.78. The zero-order valence-electron chi connectivity index (χ0n) is 11.2. The highest BCUT2D eigenvalue weighted by atomic mass is 15.3. The molecule has 0 spiro atoms. The first-order valence-electron chi connectivity index (χ1n) is 6.44. The molecule has 1 atom stereocenters. The number of nitrogens with zero attached hydrogens (tertiary/aromatic N) is 3. The molecule has 0 radical (unpaired) electrons. The molecular formula is C13H24N4. The fourth-order valence-corrected chi connectivity index (χ4v) is 2.51.